The summed E-state index contributed by atoms with van der Waals surface area (Å²) in [7, 11) is -4.03. The fourth-order valence-corrected chi connectivity index (χ4v) is 4.68. The Morgan fingerprint density at radius 3 is 2.52 bits per heavy atom. The molecule has 1 aliphatic heterocycles. The number of benzene rings is 1. The maximum absolute atomic E-state index is 13.1. The molecule has 0 saturated carbocycles. The van der Waals surface area contributed by atoms with Gasteiger partial charge in [0.2, 0.25) is 10.0 Å². The van der Waals surface area contributed by atoms with E-state index in [-0.39, 0.29) is 18.0 Å². The van der Waals surface area contributed by atoms with Gasteiger partial charge in [0.05, 0.1) is 17.1 Å². The molecule has 1 aliphatic rings. The van der Waals surface area contributed by atoms with Crippen molar-refractivity contribution in [2.75, 3.05) is 13.2 Å². The number of hydrogen-bond donors (Lipinski definition) is 3. The summed E-state index contributed by atoms with van der Waals surface area (Å²) in [5.41, 5.74) is 0.386. The first-order valence-corrected chi connectivity index (χ1v) is 10.5. The van der Waals surface area contributed by atoms with E-state index < -0.39 is 39.8 Å². The Morgan fingerprint density at radius 2 is 1.97 bits per heavy atom. The summed E-state index contributed by atoms with van der Waals surface area (Å²) < 4.78 is 38.2. The highest BCUT2D eigenvalue weighted by Crippen LogP contribution is 2.27. The molecule has 9 nitrogen and oxygen atoms in total. The SMILES string of the molecule is CC1CN(S(=O)(=O)c2ccc(OCC#CC(C)(C)O)cc2)C(C(=O)NO)C(C)O1. The van der Waals surface area contributed by atoms with Crippen LogP contribution < -0.4 is 10.2 Å². The zero-order chi connectivity index (χ0) is 21.8. The third-order valence-electron chi connectivity index (χ3n) is 4.15. The summed E-state index contributed by atoms with van der Waals surface area (Å²) in [6, 6.07) is 4.49. The van der Waals surface area contributed by atoms with Crippen LogP contribution in [-0.2, 0) is 19.6 Å². The molecule has 0 aromatic heterocycles. The van der Waals surface area contributed by atoms with Gasteiger partial charge in [0.15, 0.2) is 0 Å². The van der Waals surface area contributed by atoms with Crippen LogP contribution in [0.2, 0.25) is 0 Å². The number of rotatable bonds is 5. The molecule has 0 bridgehead atoms. The molecular formula is C19H26N2O7S. The number of hydroxylamine groups is 1. The van der Waals surface area contributed by atoms with E-state index >= 15 is 0 Å². The first-order valence-electron chi connectivity index (χ1n) is 9.02. The van der Waals surface area contributed by atoms with Crippen LogP contribution in [0.25, 0.3) is 0 Å². The number of ether oxygens (including phenoxy) is 2. The molecule has 3 N–H and O–H groups in total. The number of carbonyl (C=O) groups is 1. The van der Waals surface area contributed by atoms with Crippen molar-refractivity contribution in [2.24, 2.45) is 0 Å². The number of nitrogens with one attached hydrogen (secondary N) is 1. The smallest absolute Gasteiger partial charge is 0.264 e. The van der Waals surface area contributed by atoms with Gasteiger partial charge in [0, 0.05) is 6.54 Å². The van der Waals surface area contributed by atoms with Crippen molar-refractivity contribution in [2.45, 2.75) is 56.4 Å². The fraction of sp³-hybridized carbons (Fsp3) is 0.526. The van der Waals surface area contributed by atoms with E-state index in [1.807, 2.05) is 0 Å². The van der Waals surface area contributed by atoms with Crippen LogP contribution in [0.5, 0.6) is 5.75 Å². The van der Waals surface area contributed by atoms with Gasteiger partial charge in [-0.05, 0) is 52.0 Å². The molecule has 0 radical (unpaired) electrons. The first kappa shape index (κ1) is 23.1. The summed E-state index contributed by atoms with van der Waals surface area (Å²) >= 11 is 0. The maximum Gasteiger partial charge on any atom is 0.264 e. The van der Waals surface area contributed by atoms with Crippen LogP contribution in [0.3, 0.4) is 0 Å². The second-order valence-electron chi connectivity index (χ2n) is 7.27. The quantitative estimate of drug-likeness (QED) is 0.356. The van der Waals surface area contributed by atoms with Crippen molar-refractivity contribution in [3.63, 3.8) is 0 Å². The second-order valence-corrected chi connectivity index (χ2v) is 9.16. The lowest BCUT2D eigenvalue weighted by Gasteiger charge is -2.40. The summed E-state index contributed by atoms with van der Waals surface area (Å²) in [5.74, 6) is 4.82. The van der Waals surface area contributed by atoms with Crippen LogP contribution in [-0.4, -0.2) is 65.9 Å². The number of morpholine rings is 1. The molecule has 1 fully saturated rings. The highest BCUT2D eigenvalue weighted by atomic mass is 32.2. The Morgan fingerprint density at radius 1 is 1.34 bits per heavy atom. The topological polar surface area (TPSA) is 125 Å². The lowest BCUT2D eigenvalue weighted by molar-refractivity contribution is -0.146. The van der Waals surface area contributed by atoms with Gasteiger partial charge in [-0.25, -0.2) is 13.9 Å². The largest absolute Gasteiger partial charge is 0.481 e. The van der Waals surface area contributed by atoms with Crippen LogP contribution in [0, 0.1) is 11.8 Å². The van der Waals surface area contributed by atoms with Gasteiger partial charge in [-0.2, -0.15) is 4.31 Å². The summed E-state index contributed by atoms with van der Waals surface area (Å²) in [4.78, 5) is 12.0. The minimum atomic E-state index is -4.03. The molecule has 2 rings (SSSR count). The monoisotopic (exact) mass is 426 g/mol. The minimum Gasteiger partial charge on any atom is -0.481 e. The van der Waals surface area contributed by atoms with Gasteiger partial charge in [-0.3, -0.25) is 10.0 Å². The number of hydrogen-bond acceptors (Lipinski definition) is 7. The molecular weight excluding hydrogens is 400 g/mol. The normalized spacial score (nSPS) is 23.0. The second kappa shape index (κ2) is 9.11. The Balaban J connectivity index is 2.20. The summed E-state index contributed by atoms with van der Waals surface area (Å²) in [6.45, 7) is 6.39. The lowest BCUT2D eigenvalue weighted by Crippen LogP contribution is -2.60. The molecule has 0 aliphatic carbocycles. The molecule has 3 unspecified atom stereocenters. The maximum atomic E-state index is 13.1. The van der Waals surface area contributed by atoms with Crippen LogP contribution in [0.15, 0.2) is 29.2 Å². The minimum absolute atomic E-state index is 0.0236. The zero-order valence-corrected chi connectivity index (χ0v) is 17.6. The van der Waals surface area contributed by atoms with Gasteiger partial charge in [-0.15, -0.1) is 0 Å². The number of nitrogens with zero attached hydrogens (tertiary/aromatic N) is 1. The Hall–Kier alpha value is -2.16. The van der Waals surface area contributed by atoms with Gasteiger partial charge < -0.3 is 14.6 Å². The number of carbonyl (C=O) groups excluding carboxylic acids is 1. The molecule has 10 heteroatoms. The van der Waals surface area contributed by atoms with Crippen molar-refractivity contribution in [3.05, 3.63) is 24.3 Å². The van der Waals surface area contributed by atoms with E-state index in [0.717, 1.165) is 4.31 Å². The molecule has 160 valence electrons. The van der Waals surface area contributed by atoms with E-state index in [4.69, 9.17) is 14.7 Å². The third kappa shape index (κ3) is 5.91. The molecule has 1 aromatic carbocycles. The van der Waals surface area contributed by atoms with E-state index in [2.05, 4.69) is 11.8 Å². The number of amides is 1. The molecule has 1 saturated heterocycles. The summed E-state index contributed by atoms with van der Waals surface area (Å²) in [5, 5.41) is 18.5. The van der Waals surface area contributed by atoms with Crippen molar-refractivity contribution in [1.82, 2.24) is 9.79 Å². The molecule has 0 spiro atoms. The van der Waals surface area contributed by atoms with Gasteiger partial charge in [0.25, 0.3) is 5.91 Å². The number of aliphatic hydroxyl groups is 1. The standard InChI is InChI=1S/C19H26N2O7S/c1-13-12-21(17(14(2)28-13)18(22)20-24)29(25,26)16-8-6-15(7-9-16)27-11-5-10-19(3,4)23/h6-9,13-14,17,23-24H,11-12H2,1-4H3,(H,20,22). The van der Waals surface area contributed by atoms with Crippen molar-refractivity contribution < 1.29 is 33.0 Å². The Kier molecular flexibility index (Phi) is 7.26. The predicted molar refractivity (Wildman–Crippen MR) is 104 cm³/mol. The molecule has 3 atom stereocenters. The predicted octanol–water partition coefficient (Wildman–Crippen LogP) is 0.512. The molecule has 1 amide bonds. The van der Waals surface area contributed by atoms with E-state index in [1.165, 1.54) is 29.7 Å². The molecule has 1 aromatic rings. The molecule has 1 heterocycles. The summed E-state index contributed by atoms with van der Waals surface area (Å²) in [6.07, 6.45) is -1.16. The average Bonchev–Trinajstić information content (AvgIpc) is 2.63. The Bertz CT molecular complexity index is 882. The Labute approximate surface area is 170 Å². The van der Waals surface area contributed by atoms with E-state index in [1.54, 1.807) is 27.7 Å². The number of sulfonamides is 1. The highest BCUT2D eigenvalue weighted by molar-refractivity contribution is 7.89. The van der Waals surface area contributed by atoms with E-state index in [0.29, 0.717) is 5.75 Å². The zero-order valence-electron chi connectivity index (χ0n) is 16.7. The third-order valence-corrected chi connectivity index (χ3v) is 6.01. The average molecular weight is 426 g/mol. The van der Waals surface area contributed by atoms with Crippen molar-refractivity contribution in [1.29, 1.82) is 0 Å². The highest BCUT2D eigenvalue weighted by Gasteiger charge is 2.44. The lowest BCUT2D eigenvalue weighted by atomic mass is 10.1. The van der Waals surface area contributed by atoms with Crippen molar-refractivity contribution in [3.8, 4) is 17.6 Å². The molecule has 29 heavy (non-hydrogen) atoms. The van der Waals surface area contributed by atoms with Crippen molar-refractivity contribution >= 4 is 15.9 Å². The van der Waals surface area contributed by atoms with Gasteiger partial charge in [0.1, 0.15) is 24.0 Å². The fourth-order valence-electron chi connectivity index (χ4n) is 2.96. The van der Waals surface area contributed by atoms with E-state index in [9.17, 15) is 18.3 Å². The van der Waals surface area contributed by atoms with Crippen LogP contribution in [0.4, 0.5) is 0 Å². The van der Waals surface area contributed by atoms with Gasteiger partial charge in [-0.1, -0.05) is 11.8 Å². The first-order chi connectivity index (χ1) is 13.5. The van der Waals surface area contributed by atoms with Crippen LogP contribution >= 0.6 is 0 Å². The van der Waals surface area contributed by atoms with Gasteiger partial charge >= 0.3 is 0 Å². The van der Waals surface area contributed by atoms with Crippen LogP contribution in [0.1, 0.15) is 27.7 Å².